The summed E-state index contributed by atoms with van der Waals surface area (Å²) < 4.78 is 9.96. The van der Waals surface area contributed by atoms with E-state index in [0.717, 1.165) is 12.0 Å². The lowest BCUT2D eigenvalue weighted by atomic mass is 10.1. The number of hydrogen-bond donors (Lipinski definition) is 1. The van der Waals surface area contributed by atoms with Crippen LogP contribution in [0.3, 0.4) is 0 Å². The molecule has 0 radical (unpaired) electrons. The third-order valence-electron chi connectivity index (χ3n) is 2.24. The summed E-state index contributed by atoms with van der Waals surface area (Å²) in [6, 6.07) is 5.25. The molecule has 1 N–H and O–H groups in total. The number of rotatable bonds is 4. The molecule has 0 aliphatic carbocycles. The van der Waals surface area contributed by atoms with Crippen molar-refractivity contribution in [2.24, 2.45) is 0 Å². The molecule has 0 saturated heterocycles. The van der Waals surface area contributed by atoms with Gasteiger partial charge in [0.05, 0.1) is 18.8 Å². The molecule has 0 saturated carbocycles. The molecule has 0 aliphatic heterocycles. The first-order valence-electron chi connectivity index (χ1n) is 5.11. The normalized spacial score (nSPS) is 12.3. The van der Waals surface area contributed by atoms with Crippen molar-refractivity contribution in [2.75, 3.05) is 0 Å². The standard InChI is InChI=1S/C12H13NO3/c1-9(7-10-4-6-15-8-10)13-12(14)11-3-2-5-16-11/h2-6,8-9H,7H2,1H3,(H,13,14)/t9-/m0/s1. The van der Waals surface area contributed by atoms with E-state index in [2.05, 4.69) is 5.32 Å². The minimum absolute atomic E-state index is 0.0372. The lowest BCUT2D eigenvalue weighted by Crippen LogP contribution is -2.33. The molecule has 0 aliphatic rings. The van der Waals surface area contributed by atoms with Gasteiger partial charge in [-0.2, -0.15) is 0 Å². The average Bonchev–Trinajstić information content (AvgIpc) is 2.88. The van der Waals surface area contributed by atoms with E-state index in [9.17, 15) is 4.79 Å². The van der Waals surface area contributed by atoms with Crippen LogP contribution in [0.5, 0.6) is 0 Å². The van der Waals surface area contributed by atoms with Gasteiger partial charge in [0.1, 0.15) is 0 Å². The Bertz CT molecular complexity index is 431. The summed E-state index contributed by atoms with van der Waals surface area (Å²) in [5.74, 6) is 0.139. The molecule has 4 nitrogen and oxygen atoms in total. The van der Waals surface area contributed by atoms with Crippen LogP contribution in [0.1, 0.15) is 23.0 Å². The van der Waals surface area contributed by atoms with Crippen molar-refractivity contribution in [2.45, 2.75) is 19.4 Å². The van der Waals surface area contributed by atoms with E-state index in [4.69, 9.17) is 8.83 Å². The van der Waals surface area contributed by atoms with Crippen molar-refractivity contribution >= 4 is 5.91 Å². The summed E-state index contributed by atoms with van der Waals surface area (Å²) in [5, 5.41) is 2.85. The average molecular weight is 219 g/mol. The molecule has 16 heavy (non-hydrogen) atoms. The van der Waals surface area contributed by atoms with Crippen molar-refractivity contribution < 1.29 is 13.6 Å². The van der Waals surface area contributed by atoms with E-state index in [-0.39, 0.29) is 11.9 Å². The molecule has 0 aromatic carbocycles. The van der Waals surface area contributed by atoms with Crippen molar-refractivity contribution in [1.29, 1.82) is 0 Å². The Labute approximate surface area is 93.2 Å². The number of amides is 1. The highest BCUT2D eigenvalue weighted by atomic mass is 16.3. The van der Waals surface area contributed by atoms with Crippen LogP contribution in [-0.2, 0) is 6.42 Å². The van der Waals surface area contributed by atoms with Gasteiger partial charge in [-0.3, -0.25) is 4.79 Å². The smallest absolute Gasteiger partial charge is 0.287 e. The first-order chi connectivity index (χ1) is 7.75. The molecular formula is C12H13NO3. The molecule has 0 unspecified atom stereocenters. The van der Waals surface area contributed by atoms with Crippen molar-refractivity contribution in [3.8, 4) is 0 Å². The minimum Gasteiger partial charge on any atom is -0.472 e. The molecule has 2 aromatic rings. The van der Waals surface area contributed by atoms with Crippen LogP contribution in [0, 0.1) is 0 Å². The lowest BCUT2D eigenvalue weighted by Gasteiger charge is -2.11. The second kappa shape index (κ2) is 4.70. The quantitative estimate of drug-likeness (QED) is 0.857. The second-order valence-electron chi connectivity index (χ2n) is 3.69. The van der Waals surface area contributed by atoms with Gasteiger partial charge in [0.2, 0.25) is 0 Å². The largest absolute Gasteiger partial charge is 0.472 e. The van der Waals surface area contributed by atoms with Crippen LogP contribution in [0.15, 0.2) is 45.8 Å². The van der Waals surface area contributed by atoms with Gasteiger partial charge < -0.3 is 14.2 Å². The maximum absolute atomic E-state index is 11.6. The van der Waals surface area contributed by atoms with E-state index in [0.29, 0.717) is 5.76 Å². The first kappa shape index (κ1) is 10.5. The van der Waals surface area contributed by atoms with Crippen LogP contribution in [0.25, 0.3) is 0 Å². The molecular weight excluding hydrogens is 206 g/mol. The van der Waals surface area contributed by atoms with Gasteiger partial charge in [-0.1, -0.05) is 0 Å². The third-order valence-corrected chi connectivity index (χ3v) is 2.24. The monoisotopic (exact) mass is 219 g/mol. The van der Waals surface area contributed by atoms with Crippen molar-refractivity contribution in [3.63, 3.8) is 0 Å². The summed E-state index contributed by atoms with van der Waals surface area (Å²) >= 11 is 0. The van der Waals surface area contributed by atoms with Gasteiger partial charge in [0.25, 0.3) is 5.91 Å². The molecule has 0 bridgehead atoms. The highest BCUT2D eigenvalue weighted by Gasteiger charge is 2.12. The minimum atomic E-state index is -0.194. The van der Waals surface area contributed by atoms with E-state index in [1.807, 2.05) is 13.0 Å². The fourth-order valence-corrected chi connectivity index (χ4v) is 1.52. The van der Waals surface area contributed by atoms with Gasteiger partial charge >= 0.3 is 0 Å². The van der Waals surface area contributed by atoms with Gasteiger partial charge in [0, 0.05) is 6.04 Å². The zero-order valence-electron chi connectivity index (χ0n) is 8.97. The third kappa shape index (κ3) is 2.53. The molecule has 2 aromatic heterocycles. The summed E-state index contributed by atoms with van der Waals surface area (Å²) in [4.78, 5) is 11.6. The van der Waals surface area contributed by atoms with Gasteiger partial charge in [-0.15, -0.1) is 0 Å². The Morgan fingerprint density at radius 2 is 2.31 bits per heavy atom. The Kier molecular flexibility index (Phi) is 3.10. The molecule has 1 amide bonds. The van der Waals surface area contributed by atoms with Crippen LogP contribution < -0.4 is 5.32 Å². The second-order valence-corrected chi connectivity index (χ2v) is 3.69. The van der Waals surface area contributed by atoms with Gasteiger partial charge in [-0.05, 0) is 37.1 Å². The number of furan rings is 2. The topological polar surface area (TPSA) is 55.4 Å². The van der Waals surface area contributed by atoms with Crippen molar-refractivity contribution in [1.82, 2.24) is 5.32 Å². The Hall–Kier alpha value is -1.97. The highest BCUT2D eigenvalue weighted by molar-refractivity contribution is 5.91. The maximum atomic E-state index is 11.6. The molecule has 4 heteroatoms. The van der Waals surface area contributed by atoms with Crippen LogP contribution in [-0.4, -0.2) is 11.9 Å². The zero-order chi connectivity index (χ0) is 11.4. The van der Waals surface area contributed by atoms with Crippen LogP contribution >= 0.6 is 0 Å². The number of hydrogen-bond acceptors (Lipinski definition) is 3. The zero-order valence-corrected chi connectivity index (χ0v) is 8.97. The molecule has 84 valence electrons. The molecule has 2 rings (SSSR count). The Morgan fingerprint density at radius 3 is 2.94 bits per heavy atom. The number of carbonyl (C=O) groups is 1. The predicted molar refractivity (Wildman–Crippen MR) is 58.0 cm³/mol. The first-order valence-corrected chi connectivity index (χ1v) is 5.11. The van der Waals surface area contributed by atoms with E-state index in [1.54, 1.807) is 24.7 Å². The molecule has 2 heterocycles. The van der Waals surface area contributed by atoms with Crippen LogP contribution in [0.4, 0.5) is 0 Å². The summed E-state index contributed by atoms with van der Waals surface area (Å²) in [6.07, 6.45) is 5.52. The Morgan fingerprint density at radius 1 is 1.44 bits per heavy atom. The number of carbonyl (C=O) groups excluding carboxylic acids is 1. The molecule has 0 spiro atoms. The van der Waals surface area contributed by atoms with E-state index >= 15 is 0 Å². The predicted octanol–water partition coefficient (Wildman–Crippen LogP) is 2.23. The van der Waals surface area contributed by atoms with Crippen molar-refractivity contribution in [3.05, 3.63) is 48.3 Å². The summed E-state index contributed by atoms with van der Waals surface area (Å²) in [5.41, 5.74) is 1.06. The van der Waals surface area contributed by atoms with Crippen LogP contribution in [0.2, 0.25) is 0 Å². The molecule has 1 atom stereocenters. The van der Waals surface area contributed by atoms with E-state index in [1.165, 1.54) is 6.26 Å². The summed E-state index contributed by atoms with van der Waals surface area (Å²) in [6.45, 7) is 1.94. The Balaban J connectivity index is 1.88. The van der Waals surface area contributed by atoms with E-state index < -0.39 is 0 Å². The SMILES string of the molecule is C[C@@H](Cc1ccoc1)NC(=O)c1ccco1. The van der Waals surface area contributed by atoms with Gasteiger partial charge in [-0.25, -0.2) is 0 Å². The van der Waals surface area contributed by atoms with Gasteiger partial charge in [0.15, 0.2) is 5.76 Å². The fraction of sp³-hybridized carbons (Fsp3) is 0.250. The molecule has 0 fully saturated rings. The maximum Gasteiger partial charge on any atom is 0.287 e. The summed E-state index contributed by atoms with van der Waals surface area (Å²) in [7, 11) is 0. The fourth-order valence-electron chi connectivity index (χ4n) is 1.52. The lowest BCUT2D eigenvalue weighted by molar-refractivity contribution is 0.0912. The highest BCUT2D eigenvalue weighted by Crippen LogP contribution is 2.05. The number of nitrogens with one attached hydrogen (secondary N) is 1.